The maximum Gasteiger partial charge on any atom is 0.297 e. The molecule has 0 aliphatic rings. The molecule has 0 aliphatic carbocycles. The number of nitrogen functional groups attached to an aromatic ring is 1. The third-order valence-corrected chi connectivity index (χ3v) is 1.45. The van der Waals surface area contributed by atoms with Crippen molar-refractivity contribution in [2.24, 2.45) is 0 Å². The Morgan fingerprint density at radius 2 is 2.50 bits per heavy atom. The first-order valence-electron chi connectivity index (χ1n) is 3.28. The zero-order valence-corrected chi connectivity index (χ0v) is 6.89. The van der Waals surface area contributed by atoms with Gasteiger partial charge in [-0.1, -0.05) is 0 Å². The molecule has 0 saturated carbocycles. The minimum absolute atomic E-state index is 0.277. The lowest BCUT2D eigenvalue weighted by Gasteiger charge is -2.12. The van der Waals surface area contributed by atoms with Crippen LogP contribution in [0.2, 0.25) is 0 Å². The molecule has 6 nitrogen and oxygen atoms in total. The van der Waals surface area contributed by atoms with Crippen LogP contribution in [-0.2, 0) is 4.84 Å². The second kappa shape index (κ2) is 3.22. The van der Waals surface area contributed by atoms with Gasteiger partial charge < -0.3 is 5.84 Å². The van der Waals surface area contributed by atoms with Crippen molar-refractivity contribution < 1.29 is 9.63 Å². The van der Waals surface area contributed by atoms with Crippen LogP contribution in [0.25, 0.3) is 0 Å². The van der Waals surface area contributed by atoms with Gasteiger partial charge in [-0.25, -0.2) is 5.06 Å². The molecule has 0 aromatic carbocycles. The van der Waals surface area contributed by atoms with Crippen molar-refractivity contribution in [2.45, 2.75) is 0 Å². The highest BCUT2D eigenvalue weighted by molar-refractivity contribution is 5.91. The van der Waals surface area contributed by atoms with Crippen molar-refractivity contribution in [3.05, 3.63) is 18.0 Å². The normalized spacial score (nSPS) is 9.83. The number of hydrogen-bond acceptors (Lipinski definition) is 4. The molecule has 0 unspecified atom stereocenters. The van der Waals surface area contributed by atoms with Crippen molar-refractivity contribution in [3.8, 4) is 0 Å². The molecule has 0 aliphatic heterocycles. The summed E-state index contributed by atoms with van der Waals surface area (Å²) in [4.78, 5) is 17.0. The topological polar surface area (TPSA) is 73.4 Å². The van der Waals surface area contributed by atoms with E-state index in [2.05, 4.69) is 9.94 Å². The summed E-state index contributed by atoms with van der Waals surface area (Å²) >= 11 is 0. The van der Waals surface area contributed by atoms with Gasteiger partial charge in [0.15, 0.2) is 5.69 Å². The van der Waals surface area contributed by atoms with Crippen LogP contribution in [0.5, 0.6) is 0 Å². The summed E-state index contributed by atoms with van der Waals surface area (Å²) < 4.78 is 0. The van der Waals surface area contributed by atoms with Crippen molar-refractivity contribution in [3.63, 3.8) is 0 Å². The van der Waals surface area contributed by atoms with Gasteiger partial charge in [0.1, 0.15) is 0 Å². The van der Waals surface area contributed by atoms with Crippen molar-refractivity contribution >= 4 is 5.91 Å². The van der Waals surface area contributed by atoms with Crippen molar-refractivity contribution in [1.82, 2.24) is 15.0 Å². The quantitative estimate of drug-likeness (QED) is 0.467. The predicted molar refractivity (Wildman–Crippen MR) is 41.5 cm³/mol. The van der Waals surface area contributed by atoms with Crippen LogP contribution in [0, 0.1) is 0 Å². The van der Waals surface area contributed by atoms with Crippen LogP contribution in [0.4, 0.5) is 0 Å². The van der Waals surface area contributed by atoms with Gasteiger partial charge in [-0.3, -0.25) is 9.63 Å². The molecule has 0 radical (unpaired) electrons. The molecule has 0 bridgehead atoms. The summed E-state index contributed by atoms with van der Waals surface area (Å²) in [5.41, 5.74) is 0.277. The van der Waals surface area contributed by atoms with Gasteiger partial charge in [-0.2, -0.15) is 9.89 Å². The molecule has 66 valence electrons. The first kappa shape index (κ1) is 8.54. The van der Waals surface area contributed by atoms with E-state index in [0.29, 0.717) is 0 Å². The second-order valence-corrected chi connectivity index (χ2v) is 2.15. The van der Waals surface area contributed by atoms with Crippen LogP contribution in [0.15, 0.2) is 12.3 Å². The standard InChI is InChI=1S/C6H10N4O2/c1-9(12-2)6(11)5-3-4-8-10(5)7/h3-4H,7H2,1-2H3. The van der Waals surface area contributed by atoms with Crippen molar-refractivity contribution in [2.75, 3.05) is 20.0 Å². The number of carbonyl (C=O) groups is 1. The number of nitrogens with zero attached hydrogens (tertiary/aromatic N) is 3. The highest BCUT2D eigenvalue weighted by Crippen LogP contribution is 1.99. The van der Waals surface area contributed by atoms with Gasteiger partial charge in [0, 0.05) is 7.05 Å². The monoisotopic (exact) mass is 170 g/mol. The van der Waals surface area contributed by atoms with Crippen LogP contribution < -0.4 is 5.84 Å². The number of aromatic nitrogens is 2. The molecule has 1 rings (SSSR count). The Morgan fingerprint density at radius 3 is 2.92 bits per heavy atom. The molecular formula is C6H10N4O2. The molecule has 0 fully saturated rings. The highest BCUT2D eigenvalue weighted by Gasteiger charge is 2.14. The molecule has 12 heavy (non-hydrogen) atoms. The number of hydrogen-bond donors (Lipinski definition) is 1. The molecule has 1 heterocycles. The van der Waals surface area contributed by atoms with Crippen LogP contribution in [-0.4, -0.2) is 35.0 Å². The van der Waals surface area contributed by atoms with Gasteiger partial charge in [0.2, 0.25) is 0 Å². The fourth-order valence-corrected chi connectivity index (χ4v) is 0.728. The number of rotatable bonds is 2. The molecule has 0 saturated heterocycles. The third-order valence-electron chi connectivity index (χ3n) is 1.45. The molecule has 2 N–H and O–H groups in total. The summed E-state index contributed by atoms with van der Waals surface area (Å²) in [6.45, 7) is 0. The molecule has 1 aromatic heterocycles. The smallest absolute Gasteiger partial charge is 0.297 e. The molecule has 0 atom stereocenters. The summed E-state index contributed by atoms with van der Waals surface area (Å²) in [7, 11) is 2.89. The number of nitrogens with two attached hydrogens (primary N) is 1. The van der Waals surface area contributed by atoms with Crippen molar-refractivity contribution in [1.29, 1.82) is 0 Å². The zero-order valence-electron chi connectivity index (χ0n) is 6.89. The van der Waals surface area contributed by atoms with E-state index in [0.717, 1.165) is 9.85 Å². The van der Waals surface area contributed by atoms with Gasteiger partial charge in [-0.15, -0.1) is 0 Å². The highest BCUT2D eigenvalue weighted by atomic mass is 16.7. The first-order valence-corrected chi connectivity index (χ1v) is 3.28. The van der Waals surface area contributed by atoms with Gasteiger partial charge in [0.05, 0.1) is 13.3 Å². The van der Waals surface area contributed by atoms with Crippen LogP contribution >= 0.6 is 0 Å². The van der Waals surface area contributed by atoms with E-state index >= 15 is 0 Å². The largest absolute Gasteiger partial charge is 0.322 e. The lowest BCUT2D eigenvalue weighted by atomic mass is 10.4. The average Bonchev–Trinajstić information content (AvgIpc) is 2.48. The predicted octanol–water partition coefficient (Wildman–Crippen LogP) is -0.770. The second-order valence-electron chi connectivity index (χ2n) is 2.15. The Morgan fingerprint density at radius 1 is 1.83 bits per heavy atom. The Labute approximate surface area is 69.4 Å². The van der Waals surface area contributed by atoms with E-state index < -0.39 is 0 Å². The van der Waals surface area contributed by atoms with E-state index in [1.165, 1.54) is 26.4 Å². The maximum absolute atomic E-state index is 11.3. The van der Waals surface area contributed by atoms with E-state index in [1.54, 1.807) is 0 Å². The lowest BCUT2D eigenvalue weighted by molar-refractivity contribution is -0.0762. The molecule has 1 aromatic rings. The Bertz CT molecular complexity index is 283. The molecular weight excluding hydrogens is 160 g/mol. The lowest BCUT2D eigenvalue weighted by Crippen LogP contribution is -2.29. The van der Waals surface area contributed by atoms with Gasteiger partial charge in [-0.05, 0) is 6.07 Å². The first-order chi connectivity index (χ1) is 5.66. The minimum atomic E-state index is -0.336. The molecule has 0 spiro atoms. The average molecular weight is 170 g/mol. The van der Waals surface area contributed by atoms with E-state index in [-0.39, 0.29) is 11.6 Å². The van der Waals surface area contributed by atoms with E-state index in [1.807, 2.05) is 0 Å². The van der Waals surface area contributed by atoms with Crippen LogP contribution in [0.1, 0.15) is 10.5 Å². The van der Waals surface area contributed by atoms with Gasteiger partial charge in [0.25, 0.3) is 5.91 Å². The summed E-state index contributed by atoms with van der Waals surface area (Å²) in [5, 5.41) is 4.72. The zero-order chi connectivity index (χ0) is 9.14. The summed E-state index contributed by atoms with van der Waals surface area (Å²) in [6, 6.07) is 1.51. The third kappa shape index (κ3) is 1.37. The van der Waals surface area contributed by atoms with Gasteiger partial charge >= 0.3 is 0 Å². The number of carbonyl (C=O) groups excluding carboxylic acids is 1. The summed E-state index contributed by atoms with van der Waals surface area (Å²) in [5.74, 6) is 5.00. The van der Waals surface area contributed by atoms with Crippen LogP contribution in [0.3, 0.4) is 0 Å². The Kier molecular flexibility index (Phi) is 2.29. The SMILES string of the molecule is CON(C)C(=O)c1ccnn1N. The Hall–Kier alpha value is -1.56. The van der Waals surface area contributed by atoms with E-state index in [9.17, 15) is 4.79 Å². The fourth-order valence-electron chi connectivity index (χ4n) is 0.728. The molecule has 1 amide bonds. The number of hydroxylamine groups is 2. The molecule has 6 heteroatoms. The minimum Gasteiger partial charge on any atom is -0.322 e. The fraction of sp³-hybridized carbons (Fsp3) is 0.333. The maximum atomic E-state index is 11.3. The summed E-state index contributed by atoms with van der Waals surface area (Å²) in [6.07, 6.45) is 1.44. The Balaban J connectivity index is 2.85. The van der Waals surface area contributed by atoms with E-state index in [4.69, 9.17) is 5.84 Å². The number of amides is 1.